The molecule has 32 heavy (non-hydrogen) atoms. The van der Waals surface area contributed by atoms with Gasteiger partial charge in [0.05, 0.1) is 7.11 Å². The lowest BCUT2D eigenvalue weighted by atomic mass is 9.76. The third-order valence-corrected chi connectivity index (χ3v) is 6.71. The molecule has 0 spiro atoms. The molecular weight excluding hydrogens is 405 g/mol. The van der Waals surface area contributed by atoms with Crippen LogP contribution in [0.5, 0.6) is 11.5 Å². The molecule has 166 valence electrons. The molecule has 4 nitrogen and oxygen atoms in total. The number of hydrogen-bond acceptors (Lipinski definition) is 4. The summed E-state index contributed by atoms with van der Waals surface area (Å²) in [5, 5.41) is 9.06. The number of ketones is 1. The normalized spacial score (nSPS) is 21.0. The average molecular weight is 434 g/mol. The van der Waals surface area contributed by atoms with Crippen LogP contribution < -0.4 is 9.47 Å². The number of hydrogen-bond donors (Lipinski definition) is 0. The van der Waals surface area contributed by atoms with Gasteiger partial charge in [-0.05, 0) is 48.6 Å². The molecule has 0 aromatic heterocycles. The minimum absolute atomic E-state index is 0.0779. The van der Waals surface area contributed by atoms with Crippen molar-refractivity contribution in [2.24, 2.45) is 11.8 Å². The fourth-order valence-corrected chi connectivity index (χ4v) is 5.13. The molecule has 2 aliphatic rings. The second kappa shape index (κ2) is 9.99. The number of rotatable bonds is 7. The maximum Gasteiger partial charge on any atom is 0.174 e. The van der Waals surface area contributed by atoms with Crippen molar-refractivity contribution in [3.63, 3.8) is 0 Å². The zero-order valence-corrected chi connectivity index (χ0v) is 18.4. The second-order valence-electron chi connectivity index (χ2n) is 8.60. The summed E-state index contributed by atoms with van der Waals surface area (Å²) in [4.78, 5) is 13.7. The average Bonchev–Trinajstić information content (AvgIpc) is 3.28. The monoisotopic (exact) mass is 433 g/mol. The summed E-state index contributed by atoms with van der Waals surface area (Å²) in [6.07, 6.45) is 7.98. The van der Waals surface area contributed by atoms with Gasteiger partial charge in [-0.25, -0.2) is 4.39 Å². The van der Waals surface area contributed by atoms with Gasteiger partial charge >= 0.3 is 0 Å². The van der Waals surface area contributed by atoms with Crippen LogP contribution in [0, 0.1) is 29.0 Å². The minimum atomic E-state index is -0.283. The number of nitrogens with zero attached hydrogens (tertiary/aromatic N) is 1. The van der Waals surface area contributed by atoms with Gasteiger partial charge in [0.15, 0.2) is 18.1 Å². The first kappa shape index (κ1) is 22.1. The zero-order valence-electron chi connectivity index (χ0n) is 18.4. The molecule has 1 saturated carbocycles. The number of allylic oxidation sites excluding steroid dienone is 2. The van der Waals surface area contributed by atoms with E-state index in [4.69, 9.17) is 14.7 Å². The molecule has 2 unspecified atom stereocenters. The maximum atomic E-state index is 13.7. The molecule has 0 radical (unpaired) electrons. The van der Waals surface area contributed by atoms with Crippen molar-refractivity contribution in [1.82, 2.24) is 0 Å². The molecule has 2 aromatic carbocycles. The van der Waals surface area contributed by atoms with Crippen LogP contribution in [0.4, 0.5) is 4.39 Å². The van der Waals surface area contributed by atoms with E-state index in [9.17, 15) is 9.18 Å². The molecule has 2 aliphatic carbocycles. The SMILES string of the molecule is COc1cccc(C2CC(c3ccc(F)cc3)=CC2C(=O)C2CCCCC2)c1OCC#N. The Bertz CT molecular complexity index is 1030. The Kier molecular flexibility index (Phi) is 6.90. The third-order valence-electron chi connectivity index (χ3n) is 6.71. The smallest absolute Gasteiger partial charge is 0.174 e. The lowest BCUT2D eigenvalue weighted by Crippen LogP contribution is -2.27. The predicted octanol–water partition coefficient (Wildman–Crippen LogP) is 6.07. The summed E-state index contributed by atoms with van der Waals surface area (Å²) in [5.74, 6) is 0.755. The molecule has 0 bridgehead atoms. The lowest BCUT2D eigenvalue weighted by Gasteiger charge is -2.27. The van der Waals surface area contributed by atoms with Crippen LogP contribution in [0.15, 0.2) is 48.5 Å². The van der Waals surface area contributed by atoms with E-state index in [0.717, 1.165) is 42.4 Å². The molecule has 5 heteroatoms. The number of nitriles is 1. The van der Waals surface area contributed by atoms with E-state index >= 15 is 0 Å². The van der Waals surface area contributed by atoms with Gasteiger partial charge in [-0.2, -0.15) is 5.26 Å². The summed E-state index contributed by atoms with van der Waals surface area (Å²) in [6, 6.07) is 14.1. The molecule has 2 atom stereocenters. The van der Waals surface area contributed by atoms with Gasteiger partial charge in [0.1, 0.15) is 17.7 Å². The molecule has 0 amide bonds. The first-order valence-corrected chi connectivity index (χ1v) is 11.3. The van der Waals surface area contributed by atoms with Crippen LogP contribution in [0.25, 0.3) is 5.57 Å². The topological polar surface area (TPSA) is 59.3 Å². The predicted molar refractivity (Wildman–Crippen MR) is 121 cm³/mol. The highest BCUT2D eigenvalue weighted by molar-refractivity contribution is 5.90. The number of carbonyl (C=O) groups is 1. The van der Waals surface area contributed by atoms with Gasteiger partial charge in [0.25, 0.3) is 0 Å². The highest BCUT2D eigenvalue weighted by Gasteiger charge is 2.39. The van der Waals surface area contributed by atoms with E-state index in [1.54, 1.807) is 25.3 Å². The lowest BCUT2D eigenvalue weighted by molar-refractivity contribution is -0.126. The Balaban J connectivity index is 1.73. The van der Waals surface area contributed by atoms with Gasteiger partial charge in [-0.3, -0.25) is 4.79 Å². The minimum Gasteiger partial charge on any atom is -0.493 e. The highest BCUT2D eigenvalue weighted by atomic mass is 19.1. The van der Waals surface area contributed by atoms with Gasteiger partial charge in [-0.15, -0.1) is 0 Å². The fraction of sp³-hybridized carbons (Fsp3) is 0.407. The van der Waals surface area contributed by atoms with Gasteiger partial charge in [-0.1, -0.05) is 49.6 Å². The van der Waals surface area contributed by atoms with Crippen LogP contribution in [0.3, 0.4) is 0 Å². The Morgan fingerprint density at radius 3 is 2.56 bits per heavy atom. The van der Waals surface area contributed by atoms with Crippen molar-refractivity contribution in [3.05, 3.63) is 65.5 Å². The summed E-state index contributed by atoms with van der Waals surface area (Å²) >= 11 is 0. The van der Waals surface area contributed by atoms with E-state index in [-0.39, 0.29) is 36.0 Å². The first-order chi connectivity index (χ1) is 15.6. The number of ether oxygens (including phenoxy) is 2. The molecular formula is C27H28FNO3. The van der Waals surface area contributed by atoms with Gasteiger partial charge in [0.2, 0.25) is 0 Å². The highest BCUT2D eigenvalue weighted by Crippen LogP contribution is 2.49. The quantitative estimate of drug-likeness (QED) is 0.531. The van der Waals surface area contributed by atoms with Crippen LogP contribution in [0.2, 0.25) is 0 Å². The maximum absolute atomic E-state index is 13.7. The number of carbonyl (C=O) groups excluding carboxylic acids is 1. The van der Waals surface area contributed by atoms with Crippen molar-refractivity contribution in [2.75, 3.05) is 13.7 Å². The van der Waals surface area contributed by atoms with Crippen LogP contribution >= 0.6 is 0 Å². The summed E-state index contributed by atoms with van der Waals surface area (Å²) < 4.78 is 24.8. The Morgan fingerprint density at radius 1 is 1.12 bits per heavy atom. The number of halogens is 1. The molecule has 4 rings (SSSR count). The van der Waals surface area contributed by atoms with Gasteiger partial charge < -0.3 is 9.47 Å². The second-order valence-corrected chi connectivity index (χ2v) is 8.60. The summed E-state index contributed by atoms with van der Waals surface area (Å²) in [5.41, 5.74) is 2.85. The van der Waals surface area contributed by atoms with Crippen molar-refractivity contribution in [1.29, 1.82) is 5.26 Å². The van der Waals surface area contributed by atoms with E-state index < -0.39 is 0 Å². The van der Waals surface area contributed by atoms with Crippen molar-refractivity contribution in [2.45, 2.75) is 44.4 Å². The van der Waals surface area contributed by atoms with Crippen LogP contribution in [0.1, 0.15) is 55.6 Å². The van der Waals surface area contributed by atoms with Crippen LogP contribution in [-0.2, 0) is 4.79 Å². The number of methoxy groups -OCH3 is 1. The molecule has 0 heterocycles. The molecule has 0 saturated heterocycles. The van der Waals surface area contributed by atoms with E-state index in [0.29, 0.717) is 17.9 Å². The largest absolute Gasteiger partial charge is 0.493 e. The number of benzene rings is 2. The van der Waals surface area contributed by atoms with E-state index in [2.05, 4.69) is 6.08 Å². The van der Waals surface area contributed by atoms with Crippen molar-refractivity contribution in [3.8, 4) is 17.6 Å². The summed E-state index contributed by atoms with van der Waals surface area (Å²) in [7, 11) is 1.57. The third kappa shape index (κ3) is 4.55. The molecule has 1 fully saturated rings. The van der Waals surface area contributed by atoms with Crippen LogP contribution in [-0.4, -0.2) is 19.5 Å². The van der Waals surface area contributed by atoms with E-state index in [1.165, 1.54) is 18.6 Å². The molecule has 2 aromatic rings. The van der Waals surface area contributed by atoms with E-state index in [1.807, 2.05) is 18.2 Å². The van der Waals surface area contributed by atoms with Crippen molar-refractivity contribution >= 4 is 11.4 Å². The Morgan fingerprint density at radius 2 is 1.88 bits per heavy atom. The molecule has 0 N–H and O–H groups in total. The number of para-hydroxylation sites is 1. The molecule has 0 aliphatic heterocycles. The standard InChI is InChI=1S/C27H28FNO3/c1-31-25-9-5-8-22(27(25)32-15-14-29)23-16-20(18-10-12-21(28)13-11-18)17-24(23)26(30)19-6-3-2-4-7-19/h5,8-13,17,19,23-24H,2-4,6-7,15-16H2,1H3. The zero-order chi connectivity index (χ0) is 22.5. The summed E-state index contributed by atoms with van der Waals surface area (Å²) in [6.45, 7) is -0.0976. The fourth-order valence-electron chi connectivity index (χ4n) is 5.13. The first-order valence-electron chi connectivity index (χ1n) is 11.3. The number of Topliss-reactive ketones (excluding diaryl/α,β-unsaturated/α-hetero) is 1. The Labute approximate surface area is 188 Å². The van der Waals surface area contributed by atoms with Gasteiger partial charge in [0, 0.05) is 23.3 Å². The van der Waals surface area contributed by atoms with Crippen molar-refractivity contribution < 1.29 is 18.7 Å². The Hall–Kier alpha value is -3.13.